The molecule has 1 saturated heterocycles. The van der Waals surface area contributed by atoms with E-state index in [-0.39, 0.29) is 0 Å². The standard InChI is InChI=1S/C11H14O5/c1-8(12)15-9-4-5-10(13)16-11(9)6-2-3-7-14-11/h4-5,9H,2-3,6-7H2,1H3/t9-,11-/m1/s1. The predicted molar refractivity (Wildman–Crippen MR) is 53.3 cm³/mol. The Bertz CT molecular complexity index is 327. The minimum absolute atomic E-state index is 0.416. The summed E-state index contributed by atoms with van der Waals surface area (Å²) in [6.45, 7) is 1.83. The molecule has 0 radical (unpaired) electrons. The van der Waals surface area contributed by atoms with Gasteiger partial charge in [-0.3, -0.25) is 4.79 Å². The first kappa shape index (κ1) is 11.1. The van der Waals surface area contributed by atoms with Gasteiger partial charge in [0, 0.05) is 19.4 Å². The van der Waals surface area contributed by atoms with Crippen molar-refractivity contribution in [3.63, 3.8) is 0 Å². The average molecular weight is 226 g/mol. The van der Waals surface area contributed by atoms with Crippen molar-refractivity contribution in [3.05, 3.63) is 12.2 Å². The van der Waals surface area contributed by atoms with E-state index in [1.807, 2.05) is 0 Å². The third-order valence-corrected chi connectivity index (χ3v) is 2.67. The lowest BCUT2D eigenvalue weighted by Gasteiger charge is -2.41. The van der Waals surface area contributed by atoms with E-state index in [1.165, 1.54) is 19.1 Å². The molecule has 0 saturated carbocycles. The number of carbonyl (C=O) groups is 2. The lowest BCUT2D eigenvalue weighted by atomic mass is 9.97. The summed E-state index contributed by atoms with van der Waals surface area (Å²) in [5, 5.41) is 0. The third-order valence-electron chi connectivity index (χ3n) is 2.67. The van der Waals surface area contributed by atoms with Gasteiger partial charge in [-0.15, -0.1) is 0 Å². The van der Waals surface area contributed by atoms with Crippen LogP contribution in [0.25, 0.3) is 0 Å². The minimum atomic E-state index is -1.10. The molecule has 16 heavy (non-hydrogen) atoms. The van der Waals surface area contributed by atoms with Gasteiger partial charge in [0.05, 0.1) is 6.61 Å². The van der Waals surface area contributed by atoms with E-state index >= 15 is 0 Å². The zero-order valence-electron chi connectivity index (χ0n) is 9.10. The molecule has 1 fully saturated rings. The van der Waals surface area contributed by atoms with Crippen LogP contribution >= 0.6 is 0 Å². The van der Waals surface area contributed by atoms with Crippen LogP contribution in [0.3, 0.4) is 0 Å². The summed E-state index contributed by atoms with van der Waals surface area (Å²) in [5.74, 6) is -1.97. The zero-order valence-corrected chi connectivity index (χ0v) is 9.10. The van der Waals surface area contributed by atoms with Gasteiger partial charge >= 0.3 is 11.9 Å². The van der Waals surface area contributed by atoms with E-state index < -0.39 is 23.8 Å². The monoisotopic (exact) mass is 226 g/mol. The summed E-state index contributed by atoms with van der Waals surface area (Å²) < 4.78 is 15.8. The van der Waals surface area contributed by atoms with Crippen LogP contribution in [0.2, 0.25) is 0 Å². The first-order valence-electron chi connectivity index (χ1n) is 5.35. The molecule has 2 heterocycles. The molecule has 2 aliphatic rings. The molecule has 0 N–H and O–H groups in total. The molecule has 5 heteroatoms. The average Bonchev–Trinajstić information content (AvgIpc) is 2.23. The summed E-state index contributed by atoms with van der Waals surface area (Å²) in [7, 11) is 0. The maximum absolute atomic E-state index is 11.2. The van der Waals surface area contributed by atoms with Crippen molar-refractivity contribution in [1.82, 2.24) is 0 Å². The largest absolute Gasteiger partial charge is 0.451 e. The maximum atomic E-state index is 11.2. The van der Waals surface area contributed by atoms with Gasteiger partial charge < -0.3 is 14.2 Å². The van der Waals surface area contributed by atoms with Crippen molar-refractivity contribution in [2.45, 2.75) is 38.1 Å². The van der Waals surface area contributed by atoms with Crippen LogP contribution < -0.4 is 0 Å². The van der Waals surface area contributed by atoms with Crippen molar-refractivity contribution in [2.75, 3.05) is 6.61 Å². The molecule has 2 rings (SSSR count). The molecule has 2 atom stereocenters. The number of hydrogen-bond acceptors (Lipinski definition) is 5. The Morgan fingerprint density at radius 3 is 3.00 bits per heavy atom. The number of esters is 2. The topological polar surface area (TPSA) is 61.8 Å². The Balaban J connectivity index is 2.20. The summed E-state index contributed by atoms with van der Waals surface area (Å²) in [6.07, 6.45) is 4.52. The van der Waals surface area contributed by atoms with E-state index in [1.54, 1.807) is 0 Å². The van der Waals surface area contributed by atoms with Crippen LogP contribution in [0.1, 0.15) is 26.2 Å². The lowest BCUT2D eigenvalue weighted by Crippen LogP contribution is -2.53. The summed E-state index contributed by atoms with van der Waals surface area (Å²) in [6, 6.07) is 0. The van der Waals surface area contributed by atoms with Crippen molar-refractivity contribution in [3.8, 4) is 0 Å². The van der Waals surface area contributed by atoms with E-state index in [2.05, 4.69) is 0 Å². The Morgan fingerprint density at radius 2 is 2.38 bits per heavy atom. The molecular formula is C11H14O5. The molecule has 0 aliphatic carbocycles. The summed E-state index contributed by atoms with van der Waals surface area (Å²) in [5.41, 5.74) is 0. The number of carbonyl (C=O) groups excluding carboxylic acids is 2. The van der Waals surface area contributed by atoms with Gasteiger partial charge in [0.1, 0.15) is 0 Å². The summed E-state index contributed by atoms with van der Waals surface area (Å²) >= 11 is 0. The van der Waals surface area contributed by atoms with Gasteiger partial charge in [-0.05, 0) is 18.9 Å². The van der Waals surface area contributed by atoms with Crippen LogP contribution in [-0.4, -0.2) is 30.4 Å². The Labute approximate surface area is 93.4 Å². The van der Waals surface area contributed by atoms with Crippen molar-refractivity contribution < 1.29 is 23.8 Å². The van der Waals surface area contributed by atoms with Crippen LogP contribution in [0, 0.1) is 0 Å². The fourth-order valence-electron chi connectivity index (χ4n) is 1.98. The highest BCUT2D eigenvalue weighted by Crippen LogP contribution is 2.34. The van der Waals surface area contributed by atoms with Gasteiger partial charge in [-0.1, -0.05) is 0 Å². The third kappa shape index (κ3) is 2.09. The molecule has 0 aromatic rings. The molecular weight excluding hydrogens is 212 g/mol. The molecule has 0 bridgehead atoms. The van der Waals surface area contributed by atoms with Gasteiger partial charge in [0.25, 0.3) is 5.79 Å². The zero-order chi connectivity index (χ0) is 11.6. The van der Waals surface area contributed by atoms with E-state index in [0.717, 1.165) is 12.8 Å². The van der Waals surface area contributed by atoms with Crippen LogP contribution in [0.15, 0.2) is 12.2 Å². The van der Waals surface area contributed by atoms with Crippen LogP contribution in [0.4, 0.5) is 0 Å². The maximum Gasteiger partial charge on any atom is 0.333 e. The van der Waals surface area contributed by atoms with Crippen LogP contribution in [0.5, 0.6) is 0 Å². The van der Waals surface area contributed by atoms with E-state index in [9.17, 15) is 9.59 Å². The SMILES string of the molecule is CC(=O)O[C@@H]1C=CC(=O)O[C@]12CCCCO2. The highest BCUT2D eigenvalue weighted by Gasteiger charge is 2.48. The molecule has 2 aliphatic heterocycles. The normalized spacial score (nSPS) is 33.6. The fraction of sp³-hybridized carbons (Fsp3) is 0.636. The van der Waals surface area contributed by atoms with Gasteiger partial charge in [-0.25, -0.2) is 4.79 Å². The van der Waals surface area contributed by atoms with Crippen molar-refractivity contribution in [2.24, 2.45) is 0 Å². The van der Waals surface area contributed by atoms with Gasteiger partial charge in [0.15, 0.2) is 6.10 Å². The van der Waals surface area contributed by atoms with Gasteiger partial charge in [0.2, 0.25) is 0 Å². The predicted octanol–water partition coefficient (Wildman–Crippen LogP) is 0.928. The van der Waals surface area contributed by atoms with Crippen LogP contribution in [-0.2, 0) is 23.8 Å². The smallest absolute Gasteiger partial charge is 0.333 e. The number of rotatable bonds is 1. The minimum Gasteiger partial charge on any atom is -0.451 e. The Hall–Kier alpha value is -1.36. The molecule has 0 aromatic heterocycles. The molecule has 0 unspecified atom stereocenters. The van der Waals surface area contributed by atoms with E-state index in [4.69, 9.17) is 14.2 Å². The summed E-state index contributed by atoms with van der Waals surface area (Å²) in [4.78, 5) is 22.2. The fourth-order valence-corrected chi connectivity index (χ4v) is 1.98. The second-order valence-electron chi connectivity index (χ2n) is 3.93. The Kier molecular flexibility index (Phi) is 2.96. The second kappa shape index (κ2) is 4.25. The quantitative estimate of drug-likeness (QED) is 0.622. The first-order valence-corrected chi connectivity index (χ1v) is 5.35. The molecule has 0 amide bonds. The van der Waals surface area contributed by atoms with Gasteiger partial charge in [-0.2, -0.15) is 0 Å². The van der Waals surface area contributed by atoms with E-state index in [0.29, 0.717) is 13.0 Å². The number of hydrogen-bond donors (Lipinski definition) is 0. The molecule has 5 nitrogen and oxygen atoms in total. The van der Waals surface area contributed by atoms with Crippen molar-refractivity contribution >= 4 is 11.9 Å². The Morgan fingerprint density at radius 1 is 1.56 bits per heavy atom. The highest BCUT2D eigenvalue weighted by atomic mass is 16.7. The first-order chi connectivity index (χ1) is 7.62. The highest BCUT2D eigenvalue weighted by molar-refractivity contribution is 5.83. The second-order valence-corrected chi connectivity index (χ2v) is 3.93. The molecule has 1 spiro atoms. The molecule has 0 aromatic carbocycles. The van der Waals surface area contributed by atoms with Crippen molar-refractivity contribution in [1.29, 1.82) is 0 Å². The lowest BCUT2D eigenvalue weighted by molar-refractivity contribution is -0.280. The number of ether oxygens (including phenoxy) is 3. The molecule has 88 valence electrons.